The van der Waals surface area contributed by atoms with E-state index in [0.717, 1.165) is 16.9 Å². The van der Waals surface area contributed by atoms with Crippen LogP contribution in [0.1, 0.15) is 15.9 Å². The Labute approximate surface area is 157 Å². The maximum atomic E-state index is 12.2. The second-order valence-corrected chi connectivity index (χ2v) is 5.73. The zero-order valence-electron chi connectivity index (χ0n) is 14.6. The molecular formula is C23H17NO3. The molecule has 0 bridgehead atoms. The van der Waals surface area contributed by atoms with Crippen molar-refractivity contribution in [3.05, 3.63) is 96.6 Å². The highest BCUT2D eigenvalue weighted by Gasteiger charge is 2.09. The first-order valence-electron chi connectivity index (χ1n) is 8.36. The van der Waals surface area contributed by atoms with Gasteiger partial charge in [0.1, 0.15) is 18.1 Å². The van der Waals surface area contributed by atoms with Crippen molar-refractivity contribution in [1.29, 1.82) is 5.26 Å². The van der Waals surface area contributed by atoms with Crippen molar-refractivity contribution in [3.8, 4) is 28.7 Å². The first-order chi connectivity index (χ1) is 13.2. The van der Waals surface area contributed by atoms with Gasteiger partial charge in [0.15, 0.2) is 0 Å². The van der Waals surface area contributed by atoms with E-state index in [-0.39, 0.29) is 0 Å². The van der Waals surface area contributed by atoms with E-state index >= 15 is 0 Å². The average molecular weight is 355 g/mol. The highest BCUT2D eigenvalue weighted by atomic mass is 16.5. The molecule has 0 aliphatic carbocycles. The number of carbonyl (C=O) groups is 1. The summed E-state index contributed by atoms with van der Waals surface area (Å²) in [6.07, 6.45) is 1.70. The molecule has 0 spiro atoms. The minimum Gasteiger partial charge on any atom is -0.490 e. The standard InChI is InChI=1S/C23H17NO3/c1-2-15-26-21-13-9-19(10-14-21)18-5-7-20(8-6-18)23(25)27-22-11-3-17(16-24)4-12-22/h2-14H,1,15H2. The van der Waals surface area contributed by atoms with Crippen LogP contribution in [-0.4, -0.2) is 12.6 Å². The number of hydrogen-bond donors (Lipinski definition) is 0. The van der Waals surface area contributed by atoms with E-state index in [4.69, 9.17) is 14.7 Å². The van der Waals surface area contributed by atoms with Gasteiger partial charge < -0.3 is 9.47 Å². The van der Waals surface area contributed by atoms with Crippen LogP contribution in [-0.2, 0) is 0 Å². The van der Waals surface area contributed by atoms with Crippen LogP contribution in [0.4, 0.5) is 0 Å². The molecule has 0 N–H and O–H groups in total. The van der Waals surface area contributed by atoms with Crippen molar-refractivity contribution in [3.63, 3.8) is 0 Å². The minimum atomic E-state index is -0.445. The smallest absolute Gasteiger partial charge is 0.343 e. The highest BCUT2D eigenvalue weighted by molar-refractivity contribution is 5.91. The molecule has 3 aromatic rings. The third-order valence-corrected chi connectivity index (χ3v) is 3.87. The molecule has 3 aromatic carbocycles. The second kappa shape index (κ2) is 8.50. The molecule has 132 valence electrons. The molecule has 0 heterocycles. The van der Waals surface area contributed by atoms with Gasteiger partial charge in [-0.2, -0.15) is 5.26 Å². The lowest BCUT2D eigenvalue weighted by Gasteiger charge is -2.07. The Morgan fingerprint density at radius 2 is 1.44 bits per heavy atom. The van der Waals surface area contributed by atoms with E-state index in [1.54, 1.807) is 42.5 Å². The molecule has 0 atom stereocenters. The summed E-state index contributed by atoms with van der Waals surface area (Å²) in [4.78, 5) is 12.2. The molecular weight excluding hydrogens is 338 g/mol. The quantitative estimate of drug-likeness (QED) is 0.354. The SMILES string of the molecule is C=CCOc1ccc(-c2ccc(C(=O)Oc3ccc(C#N)cc3)cc2)cc1. The van der Waals surface area contributed by atoms with Crippen molar-refractivity contribution in [2.45, 2.75) is 0 Å². The van der Waals surface area contributed by atoms with E-state index in [1.165, 1.54) is 0 Å². The van der Waals surface area contributed by atoms with Gasteiger partial charge in [-0.05, 0) is 59.7 Å². The van der Waals surface area contributed by atoms with E-state index in [1.807, 2.05) is 42.5 Å². The van der Waals surface area contributed by atoms with Crippen molar-refractivity contribution < 1.29 is 14.3 Å². The van der Waals surface area contributed by atoms with Crippen molar-refractivity contribution in [1.82, 2.24) is 0 Å². The Balaban J connectivity index is 1.67. The summed E-state index contributed by atoms with van der Waals surface area (Å²) in [6.45, 7) is 4.09. The zero-order valence-corrected chi connectivity index (χ0v) is 14.6. The molecule has 0 unspecified atom stereocenters. The Kier molecular flexibility index (Phi) is 5.66. The zero-order chi connectivity index (χ0) is 19.1. The maximum absolute atomic E-state index is 12.2. The molecule has 0 aromatic heterocycles. The Hall–Kier alpha value is -3.84. The van der Waals surface area contributed by atoms with Crippen LogP contribution in [0.3, 0.4) is 0 Å². The summed E-state index contributed by atoms with van der Waals surface area (Å²) in [5.74, 6) is 0.735. The Morgan fingerprint density at radius 1 is 0.889 bits per heavy atom. The fraction of sp³-hybridized carbons (Fsp3) is 0.0435. The monoisotopic (exact) mass is 355 g/mol. The predicted octanol–water partition coefficient (Wildman–Crippen LogP) is 5.01. The number of rotatable bonds is 6. The summed E-state index contributed by atoms with van der Waals surface area (Å²) >= 11 is 0. The summed E-state index contributed by atoms with van der Waals surface area (Å²) in [5, 5.41) is 8.79. The van der Waals surface area contributed by atoms with Gasteiger partial charge in [-0.15, -0.1) is 0 Å². The summed E-state index contributed by atoms with van der Waals surface area (Å²) in [6, 6.07) is 23.3. The van der Waals surface area contributed by atoms with Crippen LogP contribution in [0.2, 0.25) is 0 Å². The molecule has 0 saturated carbocycles. The number of nitrogens with zero attached hydrogens (tertiary/aromatic N) is 1. The molecule has 0 saturated heterocycles. The number of hydrogen-bond acceptors (Lipinski definition) is 4. The van der Waals surface area contributed by atoms with Gasteiger partial charge in [0.25, 0.3) is 0 Å². The average Bonchev–Trinajstić information content (AvgIpc) is 2.73. The van der Waals surface area contributed by atoms with Gasteiger partial charge in [0.05, 0.1) is 17.2 Å². The molecule has 0 fully saturated rings. The molecule has 0 aliphatic heterocycles. The normalized spacial score (nSPS) is 9.89. The number of carbonyl (C=O) groups excluding carboxylic acids is 1. The molecule has 4 nitrogen and oxygen atoms in total. The van der Waals surface area contributed by atoms with Crippen molar-refractivity contribution in [2.75, 3.05) is 6.61 Å². The van der Waals surface area contributed by atoms with Crippen LogP contribution in [0.15, 0.2) is 85.5 Å². The molecule has 0 radical (unpaired) electrons. The number of nitriles is 1. The van der Waals surface area contributed by atoms with Gasteiger partial charge in [0, 0.05) is 0 Å². The number of benzene rings is 3. The van der Waals surface area contributed by atoms with Gasteiger partial charge in [-0.1, -0.05) is 36.9 Å². The topological polar surface area (TPSA) is 59.3 Å². The fourth-order valence-electron chi connectivity index (χ4n) is 2.46. The number of ether oxygens (including phenoxy) is 2. The lowest BCUT2D eigenvalue weighted by atomic mass is 10.0. The van der Waals surface area contributed by atoms with Crippen LogP contribution in [0, 0.1) is 11.3 Å². The first kappa shape index (κ1) is 18.0. The third-order valence-electron chi connectivity index (χ3n) is 3.87. The molecule has 3 rings (SSSR count). The van der Waals surface area contributed by atoms with E-state index in [2.05, 4.69) is 6.58 Å². The van der Waals surface area contributed by atoms with Gasteiger partial charge in [-0.3, -0.25) is 0 Å². The summed E-state index contributed by atoms with van der Waals surface area (Å²) < 4.78 is 10.8. The van der Waals surface area contributed by atoms with E-state index < -0.39 is 5.97 Å². The Morgan fingerprint density at radius 3 is 2.00 bits per heavy atom. The highest BCUT2D eigenvalue weighted by Crippen LogP contribution is 2.23. The van der Waals surface area contributed by atoms with Crippen molar-refractivity contribution in [2.24, 2.45) is 0 Å². The maximum Gasteiger partial charge on any atom is 0.343 e. The van der Waals surface area contributed by atoms with Gasteiger partial charge in [-0.25, -0.2) is 4.79 Å². The predicted molar refractivity (Wildman–Crippen MR) is 104 cm³/mol. The summed E-state index contributed by atoms with van der Waals surface area (Å²) in [7, 11) is 0. The fourth-order valence-corrected chi connectivity index (χ4v) is 2.46. The molecule has 4 heteroatoms. The third kappa shape index (κ3) is 4.62. The van der Waals surface area contributed by atoms with Crippen LogP contribution < -0.4 is 9.47 Å². The summed E-state index contributed by atoms with van der Waals surface area (Å²) in [5.41, 5.74) is 2.97. The second-order valence-electron chi connectivity index (χ2n) is 5.73. The number of esters is 1. The van der Waals surface area contributed by atoms with Crippen LogP contribution >= 0.6 is 0 Å². The molecule has 0 amide bonds. The van der Waals surface area contributed by atoms with Crippen LogP contribution in [0.25, 0.3) is 11.1 Å². The van der Waals surface area contributed by atoms with E-state index in [0.29, 0.717) is 23.5 Å². The Bertz CT molecular complexity index is 966. The van der Waals surface area contributed by atoms with E-state index in [9.17, 15) is 4.79 Å². The minimum absolute atomic E-state index is 0.401. The first-order valence-corrected chi connectivity index (χ1v) is 8.36. The lowest BCUT2D eigenvalue weighted by molar-refractivity contribution is 0.0735. The lowest BCUT2D eigenvalue weighted by Crippen LogP contribution is -2.08. The largest absolute Gasteiger partial charge is 0.490 e. The van der Waals surface area contributed by atoms with Gasteiger partial charge in [0.2, 0.25) is 0 Å². The van der Waals surface area contributed by atoms with Gasteiger partial charge >= 0.3 is 5.97 Å². The molecule has 0 aliphatic rings. The van der Waals surface area contributed by atoms with Crippen LogP contribution in [0.5, 0.6) is 11.5 Å². The van der Waals surface area contributed by atoms with Crippen molar-refractivity contribution >= 4 is 5.97 Å². The molecule has 27 heavy (non-hydrogen) atoms.